The van der Waals surface area contributed by atoms with Crippen molar-refractivity contribution in [2.45, 2.75) is 6.92 Å². The first-order valence-electron chi connectivity index (χ1n) is 4.09. The van der Waals surface area contributed by atoms with E-state index in [2.05, 4.69) is 5.32 Å². The van der Waals surface area contributed by atoms with E-state index in [0.29, 0.717) is 6.54 Å². The molecule has 0 radical (unpaired) electrons. The molecule has 0 aliphatic heterocycles. The van der Waals surface area contributed by atoms with E-state index in [1.807, 2.05) is 24.3 Å². The van der Waals surface area contributed by atoms with Crippen LogP contribution in [0.25, 0.3) is 0 Å². The summed E-state index contributed by atoms with van der Waals surface area (Å²) in [6.45, 7) is 1.92. The molecule has 0 saturated carbocycles. The summed E-state index contributed by atoms with van der Waals surface area (Å²) < 4.78 is 5.00. The van der Waals surface area contributed by atoms with E-state index in [4.69, 9.17) is 4.74 Å². The molecule has 70 valence electrons. The number of hydrogen-bond donors (Lipinski definition) is 1. The molecule has 3 nitrogen and oxygen atoms in total. The molecule has 0 saturated heterocycles. The summed E-state index contributed by atoms with van der Waals surface area (Å²) in [5.74, 6) is 0.934. The van der Waals surface area contributed by atoms with E-state index in [0.717, 1.165) is 11.4 Å². The second kappa shape index (κ2) is 4.50. The molecule has 0 bridgehead atoms. The molecule has 0 fully saturated rings. The van der Waals surface area contributed by atoms with Gasteiger partial charge in [0.2, 0.25) is 0 Å². The zero-order valence-electron chi connectivity index (χ0n) is 7.83. The molecule has 0 aliphatic carbocycles. The zero-order valence-corrected chi connectivity index (χ0v) is 7.83. The number of ketones is 1. The smallest absolute Gasteiger partial charge is 0.148 e. The van der Waals surface area contributed by atoms with Crippen molar-refractivity contribution in [2.24, 2.45) is 0 Å². The quantitative estimate of drug-likeness (QED) is 0.764. The number of Topliss-reactive ketones (excluding diaryl/α,β-unsaturated/α-hetero) is 1. The molecule has 1 N–H and O–H groups in total. The van der Waals surface area contributed by atoms with Crippen molar-refractivity contribution in [3.8, 4) is 5.75 Å². The molecule has 0 aliphatic rings. The van der Waals surface area contributed by atoms with Crippen molar-refractivity contribution in [3.05, 3.63) is 24.3 Å². The summed E-state index contributed by atoms with van der Waals surface area (Å²) in [6, 6.07) is 7.45. The molecule has 1 aromatic carbocycles. The van der Waals surface area contributed by atoms with Gasteiger partial charge in [-0.3, -0.25) is 4.79 Å². The SMILES string of the molecule is COc1ccc(NCC(C)=O)cc1. The average molecular weight is 179 g/mol. The van der Waals surface area contributed by atoms with Crippen molar-refractivity contribution in [1.82, 2.24) is 0 Å². The average Bonchev–Trinajstić information content (AvgIpc) is 2.15. The fourth-order valence-corrected chi connectivity index (χ4v) is 0.935. The molecular weight excluding hydrogens is 166 g/mol. The monoisotopic (exact) mass is 179 g/mol. The van der Waals surface area contributed by atoms with E-state index in [9.17, 15) is 4.79 Å². The Bertz CT molecular complexity index is 279. The predicted octanol–water partition coefficient (Wildman–Crippen LogP) is 1.70. The van der Waals surface area contributed by atoms with Gasteiger partial charge in [0.15, 0.2) is 0 Å². The van der Waals surface area contributed by atoms with Crippen molar-refractivity contribution in [3.63, 3.8) is 0 Å². The number of ether oxygens (including phenoxy) is 1. The van der Waals surface area contributed by atoms with Crippen LogP contribution in [0.4, 0.5) is 5.69 Å². The lowest BCUT2D eigenvalue weighted by molar-refractivity contribution is -0.115. The third-order valence-corrected chi connectivity index (χ3v) is 1.63. The minimum atomic E-state index is 0.121. The highest BCUT2D eigenvalue weighted by Gasteiger charge is 1.94. The van der Waals surface area contributed by atoms with Crippen LogP contribution in [0.3, 0.4) is 0 Å². The van der Waals surface area contributed by atoms with E-state index >= 15 is 0 Å². The molecule has 0 atom stereocenters. The van der Waals surface area contributed by atoms with Crippen LogP contribution >= 0.6 is 0 Å². The summed E-state index contributed by atoms with van der Waals surface area (Å²) in [4.78, 5) is 10.7. The summed E-state index contributed by atoms with van der Waals surface area (Å²) in [7, 11) is 1.62. The van der Waals surface area contributed by atoms with Crippen LogP contribution in [-0.4, -0.2) is 19.4 Å². The normalized spacial score (nSPS) is 9.38. The maximum Gasteiger partial charge on any atom is 0.148 e. The van der Waals surface area contributed by atoms with Gasteiger partial charge in [-0.2, -0.15) is 0 Å². The summed E-state index contributed by atoms with van der Waals surface area (Å²) in [5.41, 5.74) is 0.927. The van der Waals surface area contributed by atoms with E-state index in [1.165, 1.54) is 0 Å². The first-order valence-corrected chi connectivity index (χ1v) is 4.09. The van der Waals surface area contributed by atoms with Gasteiger partial charge < -0.3 is 10.1 Å². The number of nitrogens with one attached hydrogen (secondary N) is 1. The number of carbonyl (C=O) groups is 1. The van der Waals surface area contributed by atoms with Gasteiger partial charge in [-0.05, 0) is 31.2 Å². The highest BCUT2D eigenvalue weighted by molar-refractivity contribution is 5.80. The molecule has 1 aromatic rings. The topological polar surface area (TPSA) is 38.3 Å². The fraction of sp³-hybridized carbons (Fsp3) is 0.300. The zero-order chi connectivity index (χ0) is 9.68. The number of methoxy groups -OCH3 is 1. The number of rotatable bonds is 4. The van der Waals surface area contributed by atoms with Crippen LogP contribution in [0, 0.1) is 0 Å². The second-order valence-corrected chi connectivity index (χ2v) is 2.78. The molecule has 0 amide bonds. The fourth-order valence-electron chi connectivity index (χ4n) is 0.935. The maximum atomic E-state index is 10.7. The Morgan fingerprint density at radius 2 is 2.00 bits per heavy atom. The summed E-state index contributed by atoms with van der Waals surface area (Å²) >= 11 is 0. The van der Waals surface area contributed by atoms with Crippen LogP contribution < -0.4 is 10.1 Å². The van der Waals surface area contributed by atoms with E-state index in [1.54, 1.807) is 14.0 Å². The van der Waals surface area contributed by atoms with Gasteiger partial charge in [0.05, 0.1) is 13.7 Å². The standard InChI is InChI=1S/C10H13NO2/c1-8(12)7-11-9-3-5-10(13-2)6-4-9/h3-6,11H,7H2,1-2H3. The van der Waals surface area contributed by atoms with E-state index < -0.39 is 0 Å². The van der Waals surface area contributed by atoms with Crippen molar-refractivity contribution < 1.29 is 9.53 Å². The van der Waals surface area contributed by atoms with Gasteiger partial charge in [-0.25, -0.2) is 0 Å². The second-order valence-electron chi connectivity index (χ2n) is 2.78. The lowest BCUT2D eigenvalue weighted by atomic mass is 10.3. The summed E-state index contributed by atoms with van der Waals surface area (Å²) in [6.07, 6.45) is 0. The maximum absolute atomic E-state index is 10.7. The molecular formula is C10H13NO2. The van der Waals surface area contributed by atoms with Crippen molar-refractivity contribution in [2.75, 3.05) is 19.0 Å². The Labute approximate surface area is 77.7 Å². The molecule has 1 rings (SSSR count). The first kappa shape index (κ1) is 9.58. The van der Waals surface area contributed by atoms with Crippen LogP contribution in [0.1, 0.15) is 6.92 Å². The Hall–Kier alpha value is -1.51. The number of benzene rings is 1. The van der Waals surface area contributed by atoms with Crippen LogP contribution in [-0.2, 0) is 4.79 Å². The van der Waals surface area contributed by atoms with Gasteiger partial charge in [0.25, 0.3) is 0 Å². The van der Waals surface area contributed by atoms with Gasteiger partial charge in [-0.15, -0.1) is 0 Å². The minimum absolute atomic E-state index is 0.121. The third-order valence-electron chi connectivity index (χ3n) is 1.63. The molecule has 0 heterocycles. The Balaban J connectivity index is 2.54. The van der Waals surface area contributed by atoms with E-state index in [-0.39, 0.29) is 5.78 Å². The lowest BCUT2D eigenvalue weighted by Crippen LogP contribution is -2.09. The highest BCUT2D eigenvalue weighted by atomic mass is 16.5. The number of hydrogen-bond acceptors (Lipinski definition) is 3. The first-order chi connectivity index (χ1) is 6.22. The van der Waals surface area contributed by atoms with Crippen molar-refractivity contribution in [1.29, 1.82) is 0 Å². The number of carbonyl (C=O) groups excluding carboxylic acids is 1. The molecule has 13 heavy (non-hydrogen) atoms. The van der Waals surface area contributed by atoms with Gasteiger partial charge >= 0.3 is 0 Å². The lowest BCUT2D eigenvalue weighted by Gasteiger charge is -2.04. The van der Waals surface area contributed by atoms with Crippen LogP contribution in [0.5, 0.6) is 5.75 Å². The van der Waals surface area contributed by atoms with Crippen LogP contribution in [0.15, 0.2) is 24.3 Å². The minimum Gasteiger partial charge on any atom is -0.497 e. The largest absolute Gasteiger partial charge is 0.497 e. The van der Waals surface area contributed by atoms with Gasteiger partial charge in [0, 0.05) is 5.69 Å². The molecule has 0 unspecified atom stereocenters. The molecule has 0 aromatic heterocycles. The Morgan fingerprint density at radius 3 is 2.46 bits per heavy atom. The molecule has 0 spiro atoms. The Morgan fingerprint density at radius 1 is 1.38 bits per heavy atom. The predicted molar refractivity (Wildman–Crippen MR) is 52.2 cm³/mol. The highest BCUT2D eigenvalue weighted by Crippen LogP contribution is 2.14. The van der Waals surface area contributed by atoms with Gasteiger partial charge in [0.1, 0.15) is 11.5 Å². The molecule has 3 heteroatoms. The van der Waals surface area contributed by atoms with Crippen LogP contribution in [0.2, 0.25) is 0 Å². The number of anilines is 1. The van der Waals surface area contributed by atoms with Gasteiger partial charge in [-0.1, -0.05) is 0 Å². The Kier molecular flexibility index (Phi) is 3.31. The van der Waals surface area contributed by atoms with Crippen molar-refractivity contribution >= 4 is 11.5 Å². The summed E-state index contributed by atoms with van der Waals surface area (Å²) in [5, 5.41) is 2.99. The third kappa shape index (κ3) is 3.15.